The molecule has 0 aliphatic carbocycles. The van der Waals surface area contributed by atoms with Crippen LogP contribution in [-0.4, -0.2) is 38.7 Å². The van der Waals surface area contributed by atoms with Gasteiger partial charge in [-0.25, -0.2) is 0 Å². The van der Waals surface area contributed by atoms with E-state index in [-0.39, 0.29) is 0 Å². The summed E-state index contributed by atoms with van der Waals surface area (Å²) >= 11 is 0. The molecule has 0 fully saturated rings. The zero-order chi connectivity index (χ0) is 23.5. The van der Waals surface area contributed by atoms with E-state index in [1.165, 1.54) is 7.11 Å². The summed E-state index contributed by atoms with van der Waals surface area (Å²) in [7, 11) is 1.51. The van der Waals surface area contributed by atoms with Crippen molar-refractivity contribution < 1.29 is 28.5 Å². The van der Waals surface area contributed by atoms with Gasteiger partial charge in [0.15, 0.2) is 23.0 Å². The molecular weight excluding hydrogens is 412 g/mol. The standard InChI is InChI=1S/C24H32N2O6/c1-6-30-20-11-9-18(15-22(20)31-7-2)24(28)26-25-23(27)17-8-10-19(21(14-17)29-5)32-13-12-16(3)4/h8-11,14-16H,6-7,12-13H2,1-5H3,(H,25,27)(H,26,28). The summed E-state index contributed by atoms with van der Waals surface area (Å²) < 4.78 is 22.1. The fourth-order valence-corrected chi connectivity index (χ4v) is 2.78. The van der Waals surface area contributed by atoms with Gasteiger partial charge in [-0.15, -0.1) is 0 Å². The van der Waals surface area contributed by atoms with E-state index in [1.54, 1.807) is 36.4 Å². The second-order valence-electron chi connectivity index (χ2n) is 7.33. The van der Waals surface area contributed by atoms with Crippen LogP contribution in [0.15, 0.2) is 36.4 Å². The highest BCUT2D eigenvalue weighted by atomic mass is 16.5. The molecule has 0 atom stereocenters. The lowest BCUT2D eigenvalue weighted by atomic mass is 10.1. The highest BCUT2D eigenvalue weighted by Crippen LogP contribution is 2.29. The van der Waals surface area contributed by atoms with Gasteiger partial charge in [0.2, 0.25) is 0 Å². The molecule has 174 valence electrons. The molecule has 0 bridgehead atoms. The molecule has 2 N–H and O–H groups in total. The van der Waals surface area contributed by atoms with Gasteiger partial charge >= 0.3 is 0 Å². The van der Waals surface area contributed by atoms with Crippen molar-refractivity contribution in [1.29, 1.82) is 0 Å². The molecule has 8 heteroatoms. The Morgan fingerprint density at radius 3 is 1.78 bits per heavy atom. The molecule has 2 aromatic carbocycles. The second-order valence-corrected chi connectivity index (χ2v) is 7.33. The molecule has 0 radical (unpaired) electrons. The minimum atomic E-state index is -0.485. The lowest BCUT2D eigenvalue weighted by Gasteiger charge is -2.14. The minimum absolute atomic E-state index is 0.319. The minimum Gasteiger partial charge on any atom is -0.493 e. The number of rotatable bonds is 11. The van der Waals surface area contributed by atoms with Crippen LogP contribution < -0.4 is 29.8 Å². The molecule has 0 unspecified atom stereocenters. The molecule has 32 heavy (non-hydrogen) atoms. The van der Waals surface area contributed by atoms with Crippen molar-refractivity contribution in [3.63, 3.8) is 0 Å². The Hall–Kier alpha value is -3.42. The van der Waals surface area contributed by atoms with Crippen LogP contribution in [0.4, 0.5) is 0 Å². The average Bonchev–Trinajstić information content (AvgIpc) is 2.78. The van der Waals surface area contributed by atoms with Crippen molar-refractivity contribution in [3.05, 3.63) is 47.5 Å². The zero-order valence-corrected chi connectivity index (χ0v) is 19.3. The van der Waals surface area contributed by atoms with E-state index in [0.29, 0.717) is 59.9 Å². The summed E-state index contributed by atoms with van der Waals surface area (Å²) in [5.41, 5.74) is 5.46. The predicted molar refractivity (Wildman–Crippen MR) is 122 cm³/mol. The Bertz CT molecular complexity index is 913. The SMILES string of the molecule is CCOc1ccc(C(=O)NNC(=O)c2ccc(OCCC(C)C)c(OC)c2)cc1OCC. The van der Waals surface area contributed by atoms with Crippen molar-refractivity contribution in [2.75, 3.05) is 26.9 Å². The van der Waals surface area contributed by atoms with Gasteiger partial charge in [-0.2, -0.15) is 0 Å². The number of amides is 2. The number of ether oxygens (including phenoxy) is 4. The van der Waals surface area contributed by atoms with E-state index in [2.05, 4.69) is 24.7 Å². The number of carbonyl (C=O) groups is 2. The van der Waals surface area contributed by atoms with Crippen LogP contribution >= 0.6 is 0 Å². The molecule has 0 saturated heterocycles. The van der Waals surface area contributed by atoms with Crippen LogP contribution in [-0.2, 0) is 0 Å². The van der Waals surface area contributed by atoms with Crippen LogP contribution in [0.2, 0.25) is 0 Å². The molecule has 8 nitrogen and oxygen atoms in total. The Morgan fingerprint density at radius 2 is 1.28 bits per heavy atom. The number of carbonyl (C=O) groups excluding carboxylic acids is 2. The first-order valence-corrected chi connectivity index (χ1v) is 10.7. The maximum atomic E-state index is 12.5. The molecule has 2 aromatic rings. The van der Waals surface area contributed by atoms with E-state index in [4.69, 9.17) is 18.9 Å². The normalized spacial score (nSPS) is 10.4. The molecule has 2 rings (SSSR count). The van der Waals surface area contributed by atoms with Gasteiger partial charge in [-0.1, -0.05) is 13.8 Å². The number of hydrogen-bond acceptors (Lipinski definition) is 6. The fourth-order valence-electron chi connectivity index (χ4n) is 2.78. The van der Waals surface area contributed by atoms with Crippen LogP contribution in [0, 0.1) is 5.92 Å². The van der Waals surface area contributed by atoms with E-state index < -0.39 is 11.8 Å². The highest BCUT2D eigenvalue weighted by Gasteiger charge is 2.15. The summed E-state index contributed by atoms with van der Waals surface area (Å²) in [4.78, 5) is 25.0. The number of methoxy groups -OCH3 is 1. The topological polar surface area (TPSA) is 95.1 Å². The number of hydrogen-bond donors (Lipinski definition) is 2. The van der Waals surface area contributed by atoms with Gasteiger partial charge in [0.1, 0.15) is 0 Å². The van der Waals surface area contributed by atoms with E-state index in [9.17, 15) is 9.59 Å². The van der Waals surface area contributed by atoms with E-state index in [1.807, 2.05) is 13.8 Å². The first-order valence-electron chi connectivity index (χ1n) is 10.7. The molecule has 0 spiro atoms. The molecule has 0 aromatic heterocycles. The lowest BCUT2D eigenvalue weighted by Crippen LogP contribution is -2.41. The molecule has 0 heterocycles. The average molecular weight is 445 g/mol. The quantitative estimate of drug-likeness (QED) is 0.509. The van der Waals surface area contributed by atoms with Gasteiger partial charge in [0, 0.05) is 11.1 Å². The van der Waals surface area contributed by atoms with Crippen molar-refractivity contribution in [2.45, 2.75) is 34.1 Å². The predicted octanol–water partition coefficient (Wildman–Crippen LogP) is 3.99. The van der Waals surface area contributed by atoms with Gasteiger partial charge in [0.05, 0.1) is 26.9 Å². The third kappa shape index (κ3) is 7.08. The Kier molecular flexibility index (Phi) is 9.66. The number of benzene rings is 2. The van der Waals surface area contributed by atoms with Crippen molar-refractivity contribution in [3.8, 4) is 23.0 Å². The van der Waals surface area contributed by atoms with Crippen LogP contribution in [0.25, 0.3) is 0 Å². The first kappa shape index (κ1) is 24.8. The second kappa shape index (κ2) is 12.4. The first-order chi connectivity index (χ1) is 15.4. The summed E-state index contributed by atoms with van der Waals surface area (Å²) in [6.45, 7) is 9.42. The van der Waals surface area contributed by atoms with Crippen molar-refractivity contribution in [1.82, 2.24) is 10.9 Å². The van der Waals surface area contributed by atoms with Gasteiger partial charge in [0.25, 0.3) is 11.8 Å². The summed E-state index contributed by atoms with van der Waals surface area (Å²) in [6, 6.07) is 9.68. The third-order valence-electron chi connectivity index (χ3n) is 4.47. The maximum Gasteiger partial charge on any atom is 0.269 e. The van der Waals surface area contributed by atoms with Crippen LogP contribution in [0.1, 0.15) is 54.8 Å². The highest BCUT2D eigenvalue weighted by molar-refractivity contribution is 5.99. The van der Waals surface area contributed by atoms with E-state index >= 15 is 0 Å². The number of nitrogens with one attached hydrogen (secondary N) is 2. The fraction of sp³-hybridized carbons (Fsp3) is 0.417. The molecule has 0 aliphatic rings. The molecule has 0 saturated carbocycles. The Morgan fingerprint density at radius 1 is 0.781 bits per heavy atom. The summed E-state index contributed by atoms with van der Waals surface area (Å²) in [5.74, 6) is 1.58. The summed E-state index contributed by atoms with van der Waals surface area (Å²) in [5, 5.41) is 0. The monoisotopic (exact) mass is 444 g/mol. The maximum absolute atomic E-state index is 12.5. The van der Waals surface area contributed by atoms with Gasteiger partial charge < -0.3 is 18.9 Å². The molecular formula is C24H32N2O6. The smallest absolute Gasteiger partial charge is 0.269 e. The van der Waals surface area contributed by atoms with Crippen LogP contribution in [0.5, 0.6) is 23.0 Å². The van der Waals surface area contributed by atoms with E-state index in [0.717, 1.165) is 6.42 Å². The van der Waals surface area contributed by atoms with Gasteiger partial charge in [-0.05, 0) is 62.6 Å². The molecule has 2 amide bonds. The van der Waals surface area contributed by atoms with Gasteiger partial charge in [-0.3, -0.25) is 20.4 Å². The van der Waals surface area contributed by atoms with Crippen LogP contribution in [0.3, 0.4) is 0 Å². The van der Waals surface area contributed by atoms with Crippen molar-refractivity contribution >= 4 is 11.8 Å². The largest absolute Gasteiger partial charge is 0.493 e. The zero-order valence-electron chi connectivity index (χ0n) is 19.3. The number of hydrazine groups is 1. The lowest BCUT2D eigenvalue weighted by molar-refractivity contribution is 0.0846. The third-order valence-corrected chi connectivity index (χ3v) is 4.47. The summed E-state index contributed by atoms with van der Waals surface area (Å²) in [6.07, 6.45) is 0.911. The Labute approximate surface area is 189 Å². The Balaban J connectivity index is 2.02. The van der Waals surface area contributed by atoms with Crippen molar-refractivity contribution in [2.24, 2.45) is 5.92 Å². The molecule has 0 aliphatic heterocycles.